The molecule has 0 aliphatic carbocycles. The number of hydrogen-bond donors (Lipinski definition) is 0. The smallest absolute Gasteiger partial charge is 0.275 e. The molecule has 1 fully saturated rings. The lowest BCUT2D eigenvalue weighted by Crippen LogP contribution is -2.49. The van der Waals surface area contributed by atoms with Crippen LogP contribution in [0.1, 0.15) is 31.3 Å². The van der Waals surface area contributed by atoms with Gasteiger partial charge in [-0.25, -0.2) is 4.68 Å². The quantitative estimate of drug-likeness (QED) is 0.685. The first kappa shape index (κ1) is 20.6. The topological polar surface area (TPSA) is 58.4 Å². The molecule has 152 valence electrons. The molecule has 1 aromatic heterocycles. The van der Waals surface area contributed by atoms with Gasteiger partial charge in [0.25, 0.3) is 11.5 Å². The molecule has 6 heteroatoms. The van der Waals surface area contributed by atoms with Gasteiger partial charge in [0.05, 0.1) is 5.39 Å². The van der Waals surface area contributed by atoms with E-state index in [-0.39, 0.29) is 11.5 Å². The maximum atomic E-state index is 13.2. The van der Waals surface area contributed by atoms with Crippen LogP contribution in [0.3, 0.4) is 0 Å². The first-order chi connectivity index (χ1) is 14.2. The second-order valence-corrected chi connectivity index (χ2v) is 6.63. The molecule has 1 amide bonds. The van der Waals surface area contributed by atoms with Gasteiger partial charge >= 0.3 is 0 Å². The summed E-state index contributed by atoms with van der Waals surface area (Å²) in [7, 11) is 0. The van der Waals surface area contributed by atoms with Gasteiger partial charge < -0.3 is 9.80 Å². The minimum Gasteiger partial charge on any atom is -0.368 e. The Morgan fingerprint density at radius 2 is 1.48 bits per heavy atom. The van der Waals surface area contributed by atoms with E-state index < -0.39 is 0 Å². The van der Waals surface area contributed by atoms with Crippen LogP contribution >= 0.6 is 0 Å². The van der Waals surface area contributed by atoms with Gasteiger partial charge in [-0.2, -0.15) is 5.10 Å². The van der Waals surface area contributed by atoms with Crippen molar-refractivity contribution in [2.45, 2.75) is 27.3 Å². The number of para-hydroxylation sites is 1. The number of carbonyl (C=O) groups is 1. The molecule has 0 bridgehead atoms. The Kier molecular flexibility index (Phi) is 6.65. The number of carbonyl (C=O) groups excluding carboxylic acids is 1. The summed E-state index contributed by atoms with van der Waals surface area (Å²) in [6.07, 6.45) is 0. The van der Waals surface area contributed by atoms with Crippen LogP contribution in [0.2, 0.25) is 0 Å². The second-order valence-electron chi connectivity index (χ2n) is 6.63. The zero-order valence-corrected chi connectivity index (χ0v) is 17.3. The summed E-state index contributed by atoms with van der Waals surface area (Å²) in [5.41, 5.74) is 1.38. The number of hydrogen-bond acceptors (Lipinski definition) is 4. The number of benzene rings is 2. The maximum absolute atomic E-state index is 13.2. The summed E-state index contributed by atoms with van der Waals surface area (Å²) in [6.45, 7) is 9.12. The fraction of sp³-hybridized carbons (Fsp3) is 0.348. The van der Waals surface area contributed by atoms with Crippen molar-refractivity contribution in [3.05, 3.63) is 70.6 Å². The van der Waals surface area contributed by atoms with E-state index in [2.05, 4.69) is 22.1 Å². The Balaban J connectivity index is 0.00000117. The largest absolute Gasteiger partial charge is 0.368 e. The SMILES string of the molecule is CC.CCn1nc(C(=O)N2CCN(c3ccccc3)CC2)c2ccccc2c1=O. The van der Waals surface area contributed by atoms with Gasteiger partial charge in [0.2, 0.25) is 0 Å². The molecule has 2 heterocycles. The highest BCUT2D eigenvalue weighted by molar-refractivity contribution is 6.04. The Morgan fingerprint density at radius 1 is 0.897 bits per heavy atom. The molecule has 0 spiro atoms. The van der Waals surface area contributed by atoms with Crippen LogP contribution in [-0.2, 0) is 6.54 Å². The normalized spacial score (nSPS) is 13.8. The summed E-state index contributed by atoms with van der Waals surface area (Å²) in [5, 5.41) is 5.54. The first-order valence-corrected chi connectivity index (χ1v) is 10.3. The van der Waals surface area contributed by atoms with Gasteiger partial charge in [-0.05, 0) is 25.1 Å². The lowest BCUT2D eigenvalue weighted by Gasteiger charge is -2.36. The highest BCUT2D eigenvalue weighted by atomic mass is 16.2. The van der Waals surface area contributed by atoms with E-state index in [1.165, 1.54) is 10.4 Å². The minimum atomic E-state index is -0.154. The lowest BCUT2D eigenvalue weighted by atomic mass is 10.1. The van der Waals surface area contributed by atoms with E-state index in [1.54, 1.807) is 12.1 Å². The second kappa shape index (κ2) is 9.37. The van der Waals surface area contributed by atoms with Gasteiger partial charge in [0.15, 0.2) is 5.69 Å². The van der Waals surface area contributed by atoms with Gasteiger partial charge in [0.1, 0.15) is 0 Å². The standard InChI is InChI=1S/C21H22N4O2.C2H6/c1-2-25-20(26)18-11-7-6-10-17(18)19(22-25)21(27)24-14-12-23(13-15-24)16-8-4-3-5-9-16;1-2/h3-11H,2,12-15H2,1H3;1-2H3. The number of amides is 1. The highest BCUT2D eigenvalue weighted by Crippen LogP contribution is 2.19. The van der Waals surface area contributed by atoms with Crippen molar-refractivity contribution in [1.29, 1.82) is 0 Å². The molecule has 3 aromatic rings. The van der Waals surface area contributed by atoms with Crippen LogP contribution < -0.4 is 10.5 Å². The summed E-state index contributed by atoms with van der Waals surface area (Å²) in [4.78, 5) is 29.8. The number of aryl methyl sites for hydroxylation is 1. The monoisotopic (exact) mass is 392 g/mol. The molecular formula is C23H28N4O2. The van der Waals surface area contributed by atoms with Crippen molar-refractivity contribution in [3.63, 3.8) is 0 Å². The van der Waals surface area contributed by atoms with Crippen LogP contribution in [0.5, 0.6) is 0 Å². The summed E-state index contributed by atoms with van der Waals surface area (Å²) in [5.74, 6) is -0.110. The Hall–Kier alpha value is -3.15. The molecule has 29 heavy (non-hydrogen) atoms. The third-order valence-electron chi connectivity index (χ3n) is 5.06. The van der Waals surface area contributed by atoms with E-state index in [9.17, 15) is 9.59 Å². The number of nitrogens with zero attached hydrogens (tertiary/aromatic N) is 4. The molecule has 0 atom stereocenters. The van der Waals surface area contributed by atoms with Crippen LogP contribution in [-0.4, -0.2) is 46.8 Å². The summed E-state index contributed by atoms with van der Waals surface area (Å²) >= 11 is 0. The van der Waals surface area contributed by atoms with Crippen LogP contribution in [0.25, 0.3) is 10.8 Å². The molecule has 0 saturated carbocycles. The van der Waals surface area contributed by atoms with E-state index in [0.29, 0.717) is 36.1 Å². The first-order valence-electron chi connectivity index (χ1n) is 10.3. The van der Waals surface area contributed by atoms with Gasteiger partial charge in [0, 0.05) is 43.8 Å². The number of rotatable bonds is 3. The molecule has 4 rings (SSSR count). The van der Waals surface area contributed by atoms with E-state index in [0.717, 1.165) is 13.1 Å². The average Bonchev–Trinajstić information content (AvgIpc) is 2.81. The number of aromatic nitrogens is 2. The summed E-state index contributed by atoms with van der Waals surface area (Å²) < 4.78 is 1.37. The van der Waals surface area contributed by atoms with Gasteiger partial charge in [-0.1, -0.05) is 50.2 Å². The highest BCUT2D eigenvalue weighted by Gasteiger charge is 2.25. The van der Waals surface area contributed by atoms with Crippen molar-refractivity contribution in [3.8, 4) is 0 Å². The molecule has 0 N–H and O–H groups in total. The molecule has 0 unspecified atom stereocenters. The zero-order chi connectivity index (χ0) is 20.8. The molecule has 0 radical (unpaired) electrons. The van der Waals surface area contributed by atoms with Crippen molar-refractivity contribution >= 4 is 22.4 Å². The van der Waals surface area contributed by atoms with Crippen molar-refractivity contribution in [2.75, 3.05) is 31.1 Å². The Bertz CT molecular complexity index is 1020. The maximum Gasteiger partial charge on any atom is 0.275 e. The molecule has 1 saturated heterocycles. The number of piperazine rings is 1. The zero-order valence-electron chi connectivity index (χ0n) is 17.3. The molecule has 2 aromatic carbocycles. The van der Waals surface area contributed by atoms with Gasteiger partial charge in [-0.15, -0.1) is 0 Å². The third kappa shape index (κ3) is 4.16. The molecule has 6 nitrogen and oxygen atoms in total. The minimum absolute atomic E-state index is 0.110. The van der Waals surface area contributed by atoms with Crippen LogP contribution in [0.4, 0.5) is 5.69 Å². The average molecular weight is 393 g/mol. The van der Waals surface area contributed by atoms with E-state index in [1.807, 2.05) is 56.0 Å². The molecular weight excluding hydrogens is 364 g/mol. The van der Waals surface area contributed by atoms with Gasteiger partial charge in [-0.3, -0.25) is 9.59 Å². The van der Waals surface area contributed by atoms with E-state index in [4.69, 9.17) is 0 Å². The predicted octanol–water partition coefficient (Wildman–Crippen LogP) is 3.41. The molecule has 1 aliphatic rings. The predicted molar refractivity (Wildman–Crippen MR) is 118 cm³/mol. The summed E-state index contributed by atoms with van der Waals surface area (Å²) in [6, 6.07) is 17.4. The van der Waals surface area contributed by atoms with E-state index >= 15 is 0 Å². The number of anilines is 1. The van der Waals surface area contributed by atoms with Crippen molar-refractivity contribution < 1.29 is 4.79 Å². The van der Waals surface area contributed by atoms with Crippen LogP contribution in [0, 0.1) is 0 Å². The lowest BCUT2D eigenvalue weighted by molar-refractivity contribution is 0.0740. The van der Waals surface area contributed by atoms with Crippen LogP contribution in [0.15, 0.2) is 59.4 Å². The Morgan fingerprint density at radius 3 is 2.10 bits per heavy atom. The van der Waals surface area contributed by atoms with Crippen molar-refractivity contribution in [2.24, 2.45) is 0 Å². The molecule has 1 aliphatic heterocycles. The fourth-order valence-corrected chi connectivity index (χ4v) is 3.56. The van der Waals surface area contributed by atoms with Crippen molar-refractivity contribution in [1.82, 2.24) is 14.7 Å². The third-order valence-corrected chi connectivity index (χ3v) is 5.06. The Labute approximate surface area is 171 Å². The number of fused-ring (bicyclic) bond motifs is 1. The fourth-order valence-electron chi connectivity index (χ4n) is 3.56.